The minimum Gasteiger partial charge on any atom is -0.489 e. The van der Waals surface area contributed by atoms with E-state index in [2.05, 4.69) is 36.1 Å². The number of morpholine rings is 1. The quantitative estimate of drug-likeness (QED) is 0.597. The Morgan fingerprint density at radius 2 is 1.74 bits per heavy atom. The van der Waals surface area contributed by atoms with Crippen molar-refractivity contribution < 1.29 is 14.3 Å². The van der Waals surface area contributed by atoms with Crippen LogP contribution >= 0.6 is 0 Å². The molecule has 0 unspecified atom stereocenters. The van der Waals surface area contributed by atoms with Gasteiger partial charge >= 0.3 is 0 Å². The molecule has 2 saturated heterocycles. The maximum atomic E-state index is 12.8. The van der Waals surface area contributed by atoms with Gasteiger partial charge in [0.1, 0.15) is 5.82 Å². The van der Waals surface area contributed by atoms with Crippen LogP contribution in [0.1, 0.15) is 48.0 Å². The summed E-state index contributed by atoms with van der Waals surface area (Å²) in [6.45, 7) is 9.26. The van der Waals surface area contributed by atoms with Crippen molar-refractivity contribution in [2.45, 2.75) is 44.6 Å². The Morgan fingerprint density at radius 1 is 0.921 bits per heavy atom. The molecule has 9 heteroatoms. The number of amides is 1. The summed E-state index contributed by atoms with van der Waals surface area (Å²) < 4.78 is 11.3. The van der Waals surface area contributed by atoms with Gasteiger partial charge in [0.2, 0.25) is 0 Å². The molecule has 1 aliphatic carbocycles. The van der Waals surface area contributed by atoms with Crippen LogP contribution in [0.3, 0.4) is 0 Å². The normalized spacial score (nSPS) is 24.1. The summed E-state index contributed by atoms with van der Waals surface area (Å²) in [5, 5.41) is 3.25. The van der Waals surface area contributed by atoms with Gasteiger partial charge in [-0.1, -0.05) is 0 Å². The number of hydrogen-bond acceptors (Lipinski definition) is 8. The highest BCUT2D eigenvalue weighted by Gasteiger charge is 2.27. The summed E-state index contributed by atoms with van der Waals surface area (Å²) in [6.07, 6.45) is 10.4. The second-order valence-electron chi connectivity index (χ2n) is 11.0. The van der Waals surface area contributed by atoms with Gasteiger partial charge in [0.25, 0.3) is 5.91 Å². The van der Waals surface area contributed by atoms with Crippen LogP contribution in [0.25, 0.3) is 0 Å². The largest absolute Gasteiger partial charge is 0.489 e. The average Bonchev–Trinajstić information content (AvgIpc) is 3.47. The van der Waals surface area contributed by atoms with Crippen LogP contribution in [0, 0.1) is 5.92 Å². The van der Waals surface area contributed by atoms with Crippen LogP contribution in [0.4, 0.5) is 11.6 Å². The Hall–Kier alpha value is -2.91. The standard InChI is InChI=1S/C29H40N6O3/c36-29(24-3-6-26(31-21-24)34-16-19-37-20-17-34)32-25-4-1-22(2-5-25)8-11-33-12-14-35(15-13-33)28-27-23(7-10-30-28)9-18-38-27/h3,6-7,10,21-22,25H,1-2,4-5,8-9,11-20H2,(H,32,36). The highest BCUT2D eigenvalue weighted by molar-refractivity contribution is 5.94. The summed E-state index contributed by atoms with van der Waals surface area (Å²) in [4.78, 5) is 29.1. The van der Waals surface area contributed by atoms with E-state index in [1.807, 2.05) is 18.3 Å². The van der Waals surface area contributed by atoms with Gasteiger partial charge in [-0.25, -0.2) is 9.97 Å². The van der Waals surface area contributed by atoms with Crippen LogP contribution in [0.5, 0.6) is 5.75 Å². The monoisotopic (exact) mass is 520 g/mol. The molecule has 2 aromatic heterocycles. The van der Waals surface area contributed by atoms with Gasteiger partial charge in [-0.3, -0.25) is 9.69 Å². The van der Waals surface area contributed by atoms with Crippen molar-refractivity contribution in [3.63, 3.8) is 0 Å². The summed E-state index contributed by atoms with van der Waals surface area (Å²) in [7, 11) is 0. The highest BCUT2D eigenvalue weighted by Crippen LogP contribution is 2.34. The minimum atomic E-state index is -0.00343. The van der Waals surface area contributed by atoms with Crippen molar-refractivity contribution in [3.8, 4) is 5.75 Å². The third kappa shape index (κ3) is 5.89. The number of hydrogen-bond donors (Lipinski definition) is 1. The maximum absolute atomic E-state index is 12.8. The molecule has 0 bridgehead atoms. The summed E-state index contributed by atoms with van der Waals surface area (Å²) in [5.41, 5.74) is 1.94. The van der Waals surface area contributed by atoms with E-state index in [4.69, 9.17) is 9.47 Å². The molecule has 38 heavy (non-hydrogen) atoms. The van der Waals surface area contributed by atoms with Crippen molar-refractivity contribution in [1.82, 2.24) is 20.2 Å². The fourth-order valence-electron chi connectivity index (χ4n) is 6.23. The lowest BCUT2D eigenvalue weighted by molar-refractivity contribution is 0.0919. The summed E-state index contributed by atoms with van der Waals surface area (Å²) >= 11 is 0. The molecule has 204 valence electrons. The first kappa shape index (κ1) is 25.4. The van der Waals surface area contributed by atoms with Crippen molar-refractivity contribution in [3.05, 3.63) is 41.7 Å². The Morgan fingerprint density at radius 3 is 2.50 bits per heavy atom. The van der Waals surface area contributed by atoms with Gasteiger partial charge in [0, 0.05) is 69.7 Å². The third-order valence-corrected chi connectivity index (χ3v) is 8.64. The number of ether oxygens (including phenoxy) is 2. The van der Waals surface area contributed by atoms with Crippen LogP contribution < -0.4 is 19.9 Å². The van der Waals surface area contributed by atoms with Gasteiger partial charge < -0.3 is 24.6 Å². The topological polar surface area (TPSA) is 83.1 Å². The van der Waals surface area contributed by atoms with Crippen molar-refractivity contribution in [1.29, 1.82) is 0 Å². The average molecular weight is 521 g/mol. The second kappa shape index (κ2) is 11.9. The van der Waals surface area contributed by atoms with Gasteiger partial charge in [-0.05, 0) is 62.8 Å². The van der Waals surface area contributed by atoms with Crippen molar-refractivity contribution >= 4 is 17.5 Å². The lowest BCUT2D eigenvalue weighted by Crippen LogP contribution is -2.47. The van der Waals surface area contributed by atoms with Crippen LogP contribution in [0.2, 0.25) is 0 Å². The molecule has 1 N–H and O–H groups in total. The lowest BCUT2D eigenvalue weighted by atomic mass is 9.84. The molecule has 1 saturated carbocycles. The van der Waals surface area contributed by atoms with E-state index in [9.17, 15) is 4.79 Å². The lowest BCUT2D eigenvalue weighted by Gasteiger charge is -2.37. The van der Waals surface area contributed by atoms with Crippen LogP contribution in [-0.2, 0) is 11.2 Å². The van der Waals surface area contributed by atoms with E-state index < -0.39 is 0 Å². The number of anilines is 2. The molecule has 3 fully saturated rings. The Kier molecular flexibility index (Phi) is 7.92. The molecular formula is C29H40N6O3. The number of nitrogens with zero attached hydrogens (tertiary/aromatic N) is 5. The van der Waals surface area contributed by atoms with E-state index in [1.165, 1.54) is 24.8 Å². The van der Waals surface area contributed by atoms with Gasteiger partial charge in [0.15, 0.2) is 11.6 Å². The molecular weight excluding hydrogens is 480 g/mol. The number of pyridine rings is 2. The van der Waals surface area contributed by atoms with Crippen molar-refractivity contribution in [2.75, 3.05) is 75.4 Å². The number of carbonyl (C=O) groups excluding carboxylic acids is 1. The molecule has 2 aromatic rings. The molecule has 0 aromatic carbocycles. The fraction of sp³-hybridized carbons (Fsp3) is 0.621. The smallest absolute Gasteiger partial charge is 0.253 e. The zero-order valence-electron chi connectivity index (χ0n) is 22.3. The summed E-state index contributed by atoms with van der Waals surface area (Å²) in [6, 6.07) is 6.20. The first-order valence-corrected chi connectivity index (χ1v) is 14.4. The Bertz CT molecular complexity index is 1070. The van der Waals surface area contributed by atoms with Crippen LogP contribution in [0.15, 0.2) is 30.6 Å². The Labute approximate surface area is 225 Å². The molecule has 1 amide bonds. The van der Waals surface area contributed by atoms with Gasteiger partial charge in [-0.2, -0.15) is 0 Å². The number of aromatic nitrogens is 2. The SMILES string of the molecule is O=C(NC1CCC(CCN2CCN(c3nccc4c3OCC4)CC2)CC1)c1ccc(N2CCOCC2)nc1. The zero-order valence-corrected chi connectivity index (χ0v) is 22.3. The van der Waals surface area contributed by atoms with Crippen molar-refractivity contribution in [2.24, 2.45) is 5.92 Å². The van der Waals surface area contributed by atoms with Gasteiger partial charge in [0.05, 0.1) is 25.4 Å². The first-order valence-electron chi connectivity index (χ1n) is 14.4. The van der Waals surface area contributed by atoms with Crippen LogP contribution in [-0.4, -0.2) is 92.5 Å². The predicted molar refractivity (Wildman–Crippen MR) is 147 cm³/mol. The number of carbonyl (C=O) groups is 1. The molecule has 6 rings (SSSR count). The molecule has 0 spiro atoms. The third-order valence-electron chi connectivity index (χ3n) is 8.64. The van der Waals surface area contributed by atoms with Gasteiger partial charge in [-0.15, -0.1) is 0 Å². The number of piperazine rings is 1. The number of rotatable bonds is 7. The first-order chi connectivity index (χ1) is 18.7. The molecule has 9 nitrogen and oxygen atoms in total. The highest BCUT2D eigenvalue weighted by atomic mass is 16.5. The molecule has 0 atom stereocenters. The second-order valence-corrected chi connectivity index (χ2v) is 11.0. The van der Waals surface area contributed by atoms with E-state index >= 15 is 0 Å². The molecule has 5 heterocycles. The number of fused-ring (bicyclic) bond motifs is 1. The Balaban J connectivity index is 0.898. The van der Waals surface area contributed by atoms with E-state index in [0.717, 1.165) is 108 Å². The minimum absolute atomic E-state index is 0.00343. The molecule has 4 aliphatic rings. The predicted octanol–water partition coefficient (Wildman–Crippen LogP) is 2.75. The molecule has 0 radical (unpaired) electrons. The number of nitrogens with one attached hydrogen (secondary N) is 1. The van der Waals surface area contributed by atoms with E-state index in [-0.39, 0.29) is 11.9 Å². The molecule has 3 aliphatic heterocycles. The maximum Gasteiger partial charge on any atom is 0.253 e. The van der Waals surface area contributed by atoms with E-state index in [0.29, 0.717) is 5.56 Å². The van der Waals surface area contributed by atoms with E-state index in [1.54, 1.807) is 6.20 Å². The fourth-order valence-corrected chi connectivity index (χ4v) is 6.23. The zero-order chi connectivity index (χ0) is 25.7. The summed E-state index contributed by atoms with van der Waals surface area (Å²) in [5.74, 6) is 3.70.